The van der Waals surface area contributed by atoms with Crippen LogP contribution in [0.5, 0.6) is 0 Å². The van der Waals surface area contributed by atoms with E-state index in [-0.39, 0.29) is 11.8 Å². The summed E-state index contributed by atoms with van der Waals surface area (Å²) >= 11 is 5.52. The van der Waals surface area contributed by atoms with Crippen molar-refractivity contribution >= 4 is 23.2 Å². The van der Waals surface area contributed by atoms with E-state index < -0.39 is 0 Å². The molecular weight excluding hydrogens is 318 g/mol. The average Bonchev–Trinajstić information content (AvgIpc) is 2.60. The smallest absolute Gasteiger partial charge is 0.224 e. The molecule has 1 aliphatic heterocycles. The number of rotatable bonds is 6. The van der Waals surface area contributed by atoms with Crippen molar-refractivity contribution in [1.82, 2.24) is 15.5 Å². The zero-order valence-corrected chi connectivity index (χ0v) is 15.6. The van der Waals surface area contributed by atoms with E-state index in [0.29, 0.717) is 5.92 Å². The number of benzene rings is 1. The van der Waals surface area contributed by atoms with Gasteiger partial charge in [0.1, 0.15) is 0 Å². The summed E-state index contributed by atoms with van der Waals surface area (Å²) in [7, 11) is 0. The summed E-state index contributed by atoms with van der Waals surface area (Å²) in [6.07, 6.45) is 2.92. The molecule has 1 heterocycles. The predicted octanol–water partition coefficient (Wildman–Crippen LogP) is 2.59. The molecule has 1 saturated heterocycles. The number of hydrogen-bond acceptors (Lipinski definition) is 2. The molecule has 0 aliphatic carbocycles. The van der Waals surface area contributed by atoms with Crippen molar-refractivity contribution in [2.24, 2.45) is 11.8 Å². The minimum absolute atomic E-state index is 0.0476. The van der Waals surface area contributed by atoms with Gasteiger partial charge < -0.3 is 15.5 Å². The highest BCUT2D eigenvalue weighted by atomic mass is 32.1. The number of nitrogens with zero attached hydrogens (tertiary/aromatic N) is 1. The van der Waals surface area contributed by atoms with Crippen molar-refractivity contribution in [2.75, 3.05) is 26.2 Å². The average molecular weight is 348 g/mol. The molecule has 1 amide bonds. The Morgan fingerprint density at radius 1 is 1.29 bits per heavy atom. The Morgan fingerprint density at radius 3 is 2.75 bits per heavy atom. The first-order chi connectivity index (χ1) is 11.6. The number of thiocarbonyl (C=S) groups is 1. The third-order valence-corrected chi connectivity index (χ3v) is 4.70. The monoisotopic (exact) mass is 347 g/mol. The molecule has 5 heteroatoms. The molecule has 0 aromatic heterocycles. The van der Waals surface area contributed by atoms with E-state index in [0.717, 1.165) is 50.6 Å². The SMILES string of the molecule is CC(C)CNC(=O)C1CCCN(C(=S)NCCc2ccccc2)C1. The van der Waals surface area contributed by atoms with E-state index in [2.05, 4.69) is 53.6 Å². The van der Waals surface area contributed by atoms with Gasteiger partial charge in [-0.15, -0.1) is 0 Å². The number of carbonyl (C=O) groups is 1. The van der Waals surface area contributed by atoms with Crippen LogP contribution in [0.3, 0.4) is 0 Å². The van der Waals surface area contributed by atoms with Crippen molar-refractivity contribution in [3.63, 3.8) is 0 Å². The van der Waals surface area contributed by atoms with Gasteiger partial charge in [-0.25, -0.2) is 0 Å². The number of nitrogens with one attached hydrogen (secondary N) is 2. The number of carbonyl (C=O) groups excluding carboxylic acids is 1. The van der Waals surface area contributed by atoms with Gasteiger partial charge in [-0.3, -0.25) is 4.79 Å². The van der Waals surface area contributed by atoms with Crippen LogP contribution in [0.25, 0.3) is 0 Å². The normalized spacial score (nSPS) is 17.6. The molecule has 0 saturated carbocycles. The lowest BCUT2D eigenvalue weighted by Crippen LogP contribution is -2.49. The topological polar surface area (TPSA) is 44.4 Å². The van der Waals surface area contributed by atoms with Crippen molar-refractivity contribution in [3.05, 3.63) is 35.9 Å². The summed E-state index contributed by atoms with van der Waals surface area (Å²) in [5.74, 6) is 0.696. The zero-order chi connectivity index (χ0) is 17.4. The molecule has 1 fully saturated rings. The van der Waals surface area contributed by atoms with Gasteiger partial charge in [0, 0.05) is 26.2 Å². The number of likely N-dealkylation sites (tertiary alicyclic amines) is 1. The predicted molar refractivity (Wildman–Crippen MR) is 103 cm³/mol. The van der Waals surface area contributed by atoms with Crippen LogP contribution in [0, 0.1) is 11.8 Å². The molecule has 1 aromatic rings. The molecule has 2 rings (SSSR count). The second-order valence-electron chi connectivity index (χ2n) is 6.89. The van der Waals surface area contributed by atoms with E-state index in [1.54, 1.807) is 0 Å². The Bertz CT molecular complexity index is 533. The molecule has 1 atom stereocenters. The quantitative estimate of drug-likeness (QED) is 0.777. The molecule has 132 valence electrons. The van der Waals surface area contributed by atoms with E-state index in [1.807, 2.05) is 6.07 Å². The highest BCUT2D eigenvalue weighted by Gasteiger charge is 2.26. The zero-order valence-electron chi connectivity index (χ0n) is 14.8. The van der Waals surface area contributed by atoms with Gasteiger partial charge in [-0.2, -0.15) is 0 Å². The highest BCUT2D eigenvalue weighted by Crippen LogP contribution is 2.17. The maximum atomic E-state index is 12.3. The number of hydrogen-bond donors (Lipinski definition) is 2. The van der Waals surface area contributed by atoms with Gasteiger partial charge in [0.15, 0.2) is 5.11 Å². The molecule has 2 N–H and O–H groups in total. The molecule has 1 unspecified atom stereocenters. The Hall–Kier alpha value is -1.62. The van der Waals surface area contributed by atoms with Crippen LogP contribution in [0.15, 0.2) is 30.3 Å². The van der Waals surface area contributed by atoms with Crippen molar-refractivity contribution in [1.29, 1.82) is 0 Å². The molecule has 0 radical (unpaired) electrons. The van der Waals surface area contributed by atoms with E-state index >= 15 is 0 Å². The Balaban J connectivity index is 1.74. The van der Waals surface area contributed by atoms with Crippen LogP contribution < -0.4 is 10.6 Å². The van der Waals surface area contributed by atoms with Gasteiger partial charge >= 0.3 is 0 Å². The number of piperidine rings is 1. The molecule has 0 spiro atoms. The van der Waals surface area contributed by atoms with Crippen LogP contribution in [0.2, 0.25) is 0 Å². The van der Waals surface area contributed by atoms with Gasteiger partial charge in [0.05, 0.1) is 5.92 Å². The standard InChI is InChI=1S/C19H29N3OS/c1-15(2)13-21-18(23)17-9-6-12-22(14-17)19(24)20-11-10-16-7-4-3-5-8-16/h3-5,7-8,15,17H,6,9-14H2,1-2H3,(H,20,24)(H,21,23). The lowest BCUT2D eigenvalue weighted by molar-refractivity contribution is -0.126. The molecular formula is C19H29N3OS. The van der Waals surface area contributed by atoms with Gasteiger partial charge in [-0.05, 0) is 43.0 Å². The summed E-state index contributed by atoms with van der Waals surface area (Å²) in [5, 5.41) is 7.15. The van der Waals surface area contributed by atoms with Gasteiger partial charge in [-0.1, -0.05) is 44.2 Å². The fraction of sp³-hybridized carbons (Fsp3) is 0.579. The van der Waals surface area contributed by atoms with Gasteiger partial charge in [0.25, 0.3) is 0 Å². The van der Waals surface area contributed by atoms with E-state index in [1.165, 1.54) is 5.56 Å². The van der Waals surface area contributed by atoms with Gasteiger partial charge in [0.2, 0.25) is 5.91 Å². The van der Waals surface area contributed by atoms with Crippen molar-refractivity contribution in [3.8, 4) is 0 Å². The molecule has 1 aromatic carbocycles. The third-order valence-electron chi connectivity index (χ3n) is 4.30. The highest BCUT2D eigenvalue weighted by molar-refractivity contribution is 7.80. The minimum atomic E-state index is 0.0476. The van der Waals surface area contributed by atoms with Crippen molar-refractivity contribution in [2.45, 2.75) is 33.1 Å². The number of amides is 1. The Kier molecular flexibility index (Phi) is 7.50. The summed E-state index contributed by atoms with van der Waals surface area (Å²) in [6.45, 7) is 7.45. The fourth-order valence-electron chi connectivity index (χ4n) is 2.89. The lowest BCUT2D eigenvalue weighted by Gasteiger charge is -2.34. The summed E-state index contributed by atoms with van der Waals surface area (Å²) in [5.41, 5.74) is 1.30. The molecule has 0 bridgehead atoms. The van der Waals surface area contributed by atoms with Crippen LogP contribution >= 0.6 is 12.2 Å². The second-order valence-corrected chi connectivity index (χ2v) is 7.28. The summed E-state index contributed by atoms with van der Waals surface area (Å²) in [6, 6.07) is 10.4. The lowest BCUT2D eigenvalue weighted by atomic mass is 9.97. The van der Waals surface area contributed by atoms with Crippen LogP contribution in [-0.4, -0.2) is 42.1 Å². The Morgan fingerprint density at radius 2 is 2.04 bits per heavy atom. The first kappa shape index (κ1) is 18.7. The van der Waals surface area contributed by atoms with Crippen LogP contribution in [0.4, 0.5) is 0 Å². The van der Waals surface area contributed by atoms with Crippen molar-refractivity contribution < 1.29 is 4.79 Å². The molecule has 24 heavy (non-hydrogen) atoms. The van der Waals surface area contributed by atoms with Crippen LogP contribution in [0.1, 0.15) is 32.3 Å². The summed E-state index contributed by atoms with van der Waals surface area (Å²) < 4.78 is 0. The second kappa shape index (κ2) is 9.62. The first-order valence-electron chi connectivity index (χ1n) is 8.90. The first-order valence-corrected chi connectivity index (χ1v) is 9.31. The molecule has 1 aliphatic rings. The maximum Gasteiger partial charge on any atom is 0.224 e. The largest absolute Gasteiger partial charge is 0.362 e. The van der Waals surface area contributed by atoms with E-state index in [9.17, 15) is 4.79 Å². The summed E-state index contributed by atoms with van der Waals surface area (Å²) in [4.78, 5) is 14.4. The third kappa shape index (κ3) is 6.11. The van der Waals surface area contributed by atoms with E-state index in [4.69, 9.17) is 12.2 Å². The van der Waals surface area contributed by atoms with Crippen LogP contribution in [-0.2, 0) is 11.2 Å². The Labute approximate surface area is 151 Å². The molecule has 4 nitrogen and oxygen atoms in total. The maximum absolute atomic E-state index is 12.3. The fourth-order valence-corrected chi connectivity index (χ4v) is 3.16. The minimum Gasteiger partial charge on any atom is -0.362 e.